The summed E-state index contributed by atoms with van der Waals surface area (Å²) in [5.74, 6) is -0.376. The molecule has 0 atom stereocenters. The van der Waals surface area contributed by atoms with E-state index in [9.17, 15) is 9.59 Å². The predicted octanol–water partition coefficient (Wildman–Crippen LogP) is 1.41. The standard InChI is InChI=1S/C10H12BrN3O2/c1-2-12-10(16)14-13-9(15)7-5-3-4-6-8(7)11/h3-6H,2H2,1H3,(H,13,15)(H2,12,14,16). The fraction of sp³-hybridized carbons (Fsp3) is 0.200. The first-order chi connectivity index (χ1) is 7.65. The van der Waals surface area contributed by atoms with E-state index in [2.05, 4.69) is 32.1 Å². The Morgan fingerprint density at radius 2 is 1.94 bits per heavy atom. The molecule has 6 heteroatoms. The van der Waals surface area contributed by atoms with Gasteiger partial charge in [-0.2, -0.15) is 0 Å². The van der Waals surface area contributed by atoms with Crippen LogP contribution in [0.3, 0.4) is 0 Å². The molecule has 0 bridgehead atoms. The Balaban J connectivity index is 2.54. The van der Waals surface area contributed by atoms with Crippen molar-refractivity contribution in [3.63, 3.8) is 0 Å². The molecule has 0 heterocycles. The summed E-state index contributed by atoms with van der Waals surface area (Å²) in [6, 6.07) is 6.51. The van der Waals surface area contributed by atoms with Crippen LogP contribution >= 0.6 is 15.9 Å². The highest BCUT2D eigenvalue weighted by molar-refractivity contribution is 9.10. The lowest BCUT2D eigenvalue weighted by molar-refractivity contribution is 0.0935. The van der Waals surface area contributed by atoms with Gasteiger partial charge in [0.1, 0.15) is 0 Å². The predicted molar refractivity (Wildman–Crippen MR) is 63.8 cm³/mol. The van der Waals surface area contributed by atoms with Crippen LogP contribution in [0.15, 0.2) is 28.7 Å². The molecule has 0 saturated carbocycles. The summed E-state index contributed by atoms with van der Waals surface area (Å²) < 4.78 is 0.671. The number of amides is 3. The molecule has 3 N–H and O–H groups in total. The molecule has 0 radical (unpaired) electrons. The van der Waals surface area contributed by atoms with Crippen LogP contribution in [-0.4, -0.2) is 18.5 Å². The van der Waals surface area contributed by atoms with E-state index in [1.54, 1.807) is 31.2 Å². The Morgan fingerprint density at radius 1 is 1.25 bits per heavy atom. The molecule has 5 nitrogen and oxygen atoms in total. The van der Waals surface area contributed by atoms with Crippen LogP contribution in [-0.2, 0) is 0 Å². The lowest BCUT2D eigenvalue weighted by atomic mass is 10.2. The Morgan fingerprint density at radius 3 is 2.56 bits per heavy atom. The van der Waals surface area contributed by atoms with Crippen molar-refractivity contribution in [3.8, 4) is 0 Å². The van der Waals surface area contributed by atoms with E-state index < -0.39 is 6.03 Å². The fourth-order valence-corrected chi connectivity index (χ4v) is 1.50. The van der Waals surface area contributed by atoms with Crippen LogP contribution in [0.25, 0.3) is 0 Å². The van der Waals surface area contributed by atoms with Crippen molar-refractivity contribution < 1.29 is 9.59 Å². The molecule has 1 aromatic carbocycles. The van der Waals surface area contributed by atoms with Gasteiger partial charge in [-0.25, -0.2) is 10.2 Å². The third kappa shape index (κ3) is 3.54. The van der Waals surface area contributed by atoms with Gasteiger partial charge in [-0.05, 0) is 35.0 Å². The molecule has 1 rings (SSSR count). The summed E-state index contributed by atoms with van der Waals surface area (Å²) in [7, 11) is 0. The maximum atomic E-state index is 11.6. The number of nitrogens with one attached hydrogen (secondary N) is 3. The van der Waals surface area contributed by atoms with Crippen molar-refractivity contribution in [3.05, 3.63) is 34.3 Å². The number of carbonyl (C=O) groups excluding carboxylic acids is 2. The van der Waals surface area contributed by atoms with E-state index in [0.717, 1.165) is 0 Å². The first-order valence-electron chi connectivity index (χ1n) is 4.74. The minimum atomic E-state index is -0.442. The normalized spacial score (nSPS) is 9.38. The summed E-state index contributed by atoms with van der Waals surface area (Å²) >= 11 is 3.25. The van der Waals surface area contributed by atoms with E-state index in [-0.39, 0.29) is 5.91 Å². The fourth-order valence-electron chi connectivity index (χ4n) is 1.03. The minimum absolute atomic E-state index is 0.376. The quantitative estimate of drug-likeness (QED) is 0.719. The molecule has 0 saturated heterocycles. The van der Waals surface area contributed by atoms with Gasteiger partial charge in [0.05, 0.1) is 5.56 Å². The lowest BCUT2D eigenvalue weighted by Crippen LogP contribution is -2.46. The van der Waals surface area contributed by atoms with Crippen molar-refractivity contribution in [1.82, 2.24) is 16.2 Å². The molecule has 0 spiro atoms. The molecule has 0 unspecified atom stereocenters. The van der Waals surface area contributed by atoms with Crippen molar-refractivity contribution in [1.29, 1.82) is 0 Å². The van der Waals surface area contributed by atoms with Crippen molar-refractivity contribution >= 4 is 27.9 Å². The second-order valence-electron chi connectivity index (χ2n) is 2.92. The van der Waals surface area contributed by atoms with Crippen LogP contribution in [0.4, 0.5) is 4.79 Å². The van der Waals surface area contributed by atoms with Gasteiger partial charge in [0.15, 0.2) is 0 Å². The zero-order chi connectivity index (χ0) is 12.0. The largest absolute Gasteiger partial charge is 0.337 e. The van der Waals surface area contributed by atoms with Gasteiger partial charge in [0.2, 0.25) is 0 Å². The van der Waals surface area contributed by atoms with Crippen molar-refractivity contribution in [2.45, 2.75) is 6.92 Å². The lowest BCUT2D eigenvalue weighted by Gasteiger charge is -2.08. The molecule has 3 amide bonds. The van der Waals surface area contributed by atoms with Gasteiger partial charge >= 0.3 is 6.03 Å². The molecule has 0 aliphatic rings. The average Bonchev–Trinajstić information content (AvgIpc) is 2.27. The summed E-state index contributed by atoms with van der Waals surface area (Å²) in [4.78, 5) is 22.6. The number of hydrogen-bond donors (Lipinski definition) is 3. The van der Waals surface area contributed by atoms with Crippen molar-refractivity contribution in [2.75, 3.05) is 6.54 Å². The zero-order valence-electron chi connectivity index (χ0n) is 8.71. The third-order valence-electron chi connectivity index (χ3n) is 1.75. The van der Waals surface area contributed by atoms with Gasteiger partial charge < -0.3 is 5.32 Å². The molecule has 86 valence electrons. The topological polar surface area (TPSA) is 70.2 Å². The molecular formula is C10H12BrN3O2. The highest BCUT2D eigenvalue weighted by Gasteiger charge is 2.09. The Labute approximate surface area is 102 Å². The Hall–Kier alpha value is -1.56. The van der Waals surface area contributed by atoms with Gasteiger partial charge in [-0.15, -0.1) is 0 Å². The summed E-state index contributed by atoms with van der Waals surface area (Å²) in [5.41, 5.74) is 4.99. The number of urea groups is 1. The van der Waals surface area contributed by atoms with Gasteiger partial charge in [-0.3, -0.25) is 10.2 Å². The minimum Gasteiger partial charge on any atom is -0.337 e. The van der Waals surface area contributed by atoms with Gasteiger partial charge in [0, 0.05) is 11.0 Å². The van der Waals surface area contributed by atoms with E-state index in [1.165, 1.54) is 0 Å². The second-order valence-corrected chi connectivity index (χ2v) is 3.77. The molecule has 1 aromatic rings. The van der Waals surface area contributed by atoms with Crippen LogP contribution in [0, 0.1) is 0 Å². The molecule has 16 heavy (non-hydrogen) atoms. The monoisotopic (exact) mass is 285 g/mol. The molecule has 0 aliphatic carbocycles. The second kappa shape index (κ2) is 6.12. The number of hydrogen-bond acceptors (Lipinski definition) is 2. The number of benzene rings is 1. The van der Waals surface area contributed by atoms with Crippen LogP contribution in [0.1, 0.15) is 17.3 Å². The van der Waals surface area contributed by atoms with Gasteiger partial charge in [-0.1, -0.05) is 12.1 Å². The first kappa shape index (κ1) is 12.5. The van der Waals surface area contributed by atoms with Crippen LogP contribution in [0.5, 0.6) is 0 Å². The van der Waals surface area contributed by atoms with Crippen LogP contribution in [0.2, 0.25) is 0 Å². The zero-order valence-corrected chi connectivity index (χ0v) is 10.3. The van der Waals surface area contributed by atoms with E-state index in [1.807, 2.05) is 0 Å². The number of carbonyl (C=O) groups is 2. The number of rotatable bonds is 2. The molecule has 0 aliphatic heterocycles. The SMILES string of the molecule is CCNC(=O)NNC(=O)c1ccccc1Br. The van der Waals surface area contributed by atoms with E-state index in [0.29, 0.717) is 16.6 Å². The Bertz CT molecular complexity index is 395. The van der Waals surface area contributed by atoms with Crippen LogP contribution < -0.4 is 16.2 Å². The maximum Gasteiger partial charge on any atom is 0.333 e. The first-order valence-corrected chi connectivity index (χ1v) is 5.53. The summed E-state index contributed by atoms with van der Waals surface area (Å²) in [5, 5.41) is 2.49. The molecular weight excluding hydrogens is 274 g/mol. The Kier molecular flexibility index (Phi) is 4.78. The number of hydrazine groups is 1. The molecule has 0 fully saturated rings. The average molecular weight is 286 g/mol. The van der Waals surface area contributed by atoms with Gasteiger partial charge in [0.25, 0.3) is 5.91 Å². The smallest absolute Gasteiger partial charge is 0.333 e. The summed E-state index contributed by atoms with van der Waals surface area (Å²) in [6.07, 6.45) is 0. The maximum absolute atomic E-state index is 11.6. The third-order valence-corrected chi connectivity index (χ3v) is 2.44. The summed E-state index contributed by atoms with van der Waals surface area (Å²) in [6.45, 7) is 2.28. The highest BCUT2D eigenvalue weighted by atomic mass is 79.9. The highest BCUT2D eigenvalue weighted by Crippen LogP contribution is 2.14. The molecule has 0 aromatic heterocycles. The number of halogens is 1. The van der Waals surface area contributed by atoms with Crippen molar-refractivity contribution in [2.24, 2.45) is 0 Å². The van der Waals surface area contributed by atoms with E-state index >= 15 is 0 Å². The van der Waals surface area contributed by atoms with E-state index in [4.69, 9.17) is 0 Å².